The third kappa shape index (κ3) is 6.83. The first kappa shape index (κ1) is 26.2. The van der Waals surface area contributed by atoms with Crippen LogP contribution in [-0.2, 0) is 21.2 Å². The summed E-state index contributed by atoms with van der Waals surface area (Å²) < 4.78 is 43.8. The number of hydrazine groups is 1. The number of rotatable bonds is 9. The number of primary sulfonamides is 1. The number of nitrogens with zero attached hydrogens (tertiary/aromatic N) is 3. The fourth-order valence-corrected chi connectivity index (χ4v) is 4.68. The normalized spacial score (nSPS) is 17.9. The molecular weight excluding hydrogens is 457 g/mol. The van der Waals surface area contributed by atoms with Gasteiger partial charge in [-0.25, -0.2) is 23.4 Å². The Morgan fingerprint density at radius 2 is 2.09 bits per heavy atom. The lowest BCUT2D eigenvalue weighted by molar-refractivity contribution is 0.157. The minimum absolute atomic E-state index is 0.0759. The fraction of sp³-hybridized carbons (Fsp3) is 0.458. The molecule has 2 aromatic rings. The van der Waals surface area contributed by atoms with Crippen LogP contribution in [0.4, 0.5) is 10.1 Å². The Balaban J connectivity index is 1.94. The van der Waals surface area contributed by atoms with Crippen LogP contribution < -0.4 is 15.6 Å². The highest BCUT2D eigenvalue weighted by atomic mass is 32.2. The number of benzene rings is 2. The first-order valence-corrected chi connectivity index (χ1v) is 12.8. The zero-order valence-corrected chi connectivity index (χ0v) is 21.0. The van der Waals surface area contributed by atoms with Crippen LogP contribution >= 0.6 is 0 Å². The molecule has 0 spiro atoms. The summed E-state index contributed by atoms with van der Waals surface area (Å²) in [6.45, 7) is 6.25. The number of halogens is 1. The first-order valence-electron chi connectivity index (χ1n) is 11.3. The van der Waals surface area contributed by atoms with Crippen molar-refractivity contribution in [1.82, 2.24) is 10.3 Å². The summed E-state index contributed by atoms with van der Waals surface area (Å²) in [7, 11) is -0.279. The number of aliphatic imine (C=N–C) groups is 1. The SMILES string of the molecule is CNN(C(Cc1cccc(C)c1)=NC(C)CN(C)C1CCOC1)c1ccc(S(N)(=O)=O)cc1F. The second-order valence-electron chi connectivity index (χ2n) is 8.73. The van der Waals surface area contributed by atoms with Gasteiger partial charge in [0.1, 0.15) is 11.7 Å². The highest BCUT2D eigenvalue weighted by Crippen LogP contribution is 2.23. The Morgan fingerprint density at radius 1 is 1.32 bits per heavy atom. The molecule has 186 valence electrons. The maximum absolute atomic E-state index is 15.1. The van der Waals surface area contributed by atoms with Crippen molar-refractivity contribution in [1.29, 1.82) is 0 Å². The van der Waals surface area contributed by atoms with Crippen LogP contribution in [0.15, 0.2) is 52.4 Å². The summed E-state index contributed by atoms with van der Waals surface area (Å²) in [5.74, 6) is -0.107. The lowest BCUT2D eigenvalue weighted by Gasteiger charge is -2.29. The molecule has 1 aliphatic heterocycles. The van der Waals surface area contributed by atoms with Crippen LogP contribution in [0.5, 0.6) is 0 Å². The van der Waals surface area contributed by atoms with Gasteiger partial charge in [-0.3, -0.25) is 14.9 Å². The predicted molar refractivity (Wildman–Crippen MR) is 133 cm³/mol. The Labute approximate surface area is 201 Å². The van der Waals surface area contributed by atoms with E-state index in [9.17, 15) is 8.42 Å². The lowest BCUT2D eigenvalue weighted by Crippen LogP contribution is -2.44. The molecule has 2 atom stereocenters. The van der Waals surface area contributed by atoms with Crippen molar-refractivity contribution in [3.63, 3.8) is 0 Å². The number of nitrogens with one attached hydrogen (secondary N) is 1. The van der Waals surface area contributed by atoms with Gasteiger partial charge in [-0.1, -0.05) is 29.8 Å². The van der Waals surface area contributed by atoms with Crippen molar-refractivity contribution >= 4 is 21.5 Å². The molecule has 0 aromatic heterocycles. The molecule has 1 heterocycles. The molecule has 8 nitrogen and oxygen atoms in total. The van der Waals surface area contributed by atoms with E-state index in [0.29, 0.717) is 24.9 Å². The lowest BCUT2D eigenvalue weighted by atomic mass is 10.1. The second-order valence-corrected chi connectivity index (χ2v) is 10.3. The molecule has 2 aromatic carbocycles. The number of nitrogens with two attached hydrogens (primary N) is 1. The van der Waals surface area contributed by atoms with E-state index >= 15 is 4.39 Å². The molecule has 1 saturated heterocycles. The van der Waals surface area contributed by atoms with Crippen LogP contribution in [0.2, 0.25) is 0 Å². The van der Waals surface area contributed by atoms with Gasteiger partial charge < -0.3 is 4.74 Å². The molecule has 3 N–H and O–H groups in total. The molecule has 1 fully saturated rings. The van der Waals surface area contributed by atoms with Crippen LogP contribution in [0.25, 0.3) is 0 Å². The zero-order chi connectivity index (χ0) is 24.9. The van der Waals surface area contributed by atoms with Gasteiger partial charge in [0.15, 0.2) is 0 Å². The minimum Gasteiger partial charge on any atom is -0.380 e. The van der Waals surface area contributed by atoms with Gasteiger partial charge in [-0.05, 0) is 51.1 Å². The number of hydrogen-bond donors (Lipinski definition) is 2. The maximum atomic E-state index is 15.1. The maximum Gasteiger partial charge on any atom is 0.238 e. The Morgan fingerprint density at radius 3 is 2.68 bits per heavy atom. The highest BCUT2D eigenvalue weighted by molar-refractivity contribution is 7.89. The third-order valence-electron chi connectivity index (χ3n) is 5.87. The largest absolute Gasteiger partial charge is 0.380 e. The first-order chi connectivity index (χ1) is 16.1. The van der Waals surface area contributed by atoms with Crippen LogP contribution in [-0.4, -0.2) is 65.1 Å². The van der Waals surface area contributed by atoms with E-state index in [0.717, 1.165) is 36.8 Å². The van der Waals surface area contributed by atoms with E-state index in [2.05, 4.69) is 23.4 Å². The number of anilines is 1. The van der Waals surface area contributed by atoms with Crippen molar-refractivity contribution in [3.05, 3.63) is 59.4 Å². The van der Waals surface area contributed by atoms with E-state index in [1.807, 2.05) is 32.0 Å². The van der Waals surface area contributed by atoms with Gasteiger partial charge in [0.2, 0.25) is 10.0 Å². The van der Waals surface area contributed by atoms with E-state index in [1.165, 1.54) is 12.1 Å². The van der Waals surface area contributed by atoms with Crippen molar-refractivity contribution in [2.45, 2.75) is 43.7 Å². The molecule has 1 aliphatic rings. The molecule has 2 unspecified atom stereocenters. The van der Waals surface area contributed by atoms with Crippen molar-refractivity contribution in [2.24, 2.45) is 10.1 Å². The standard InChI is InChI=1S/C24H34FN5O3S/c1-17-6-5-7-19(12-17)13-24(28-18(2)15-29(4)20-10-11-33-16-20)30(27-3)23-9-8-21(14-22(23)25)34(26,31)32/h5-9,12,14,18,20,27H,10-11,13,15-16H2,1-4H3,(H2,26,31,32). The van der Waals surface area contributed by atoms with Crippen molar-refractivity contribution in [3.8, 4) is 0 Å². The highest BCUT2D eigenvalue weighted by Gasteiger charge is 2.23. The van der Waals surface area contributed by atoms with Gasteiger partial charge in [0, 0.05) is 32.7 Å². The minimum atomic E-state index is -4.01. The van der Waals surface area contributed by atoms with Gasteiger partial charge in [0.05, 0.1) is 23.2 Å². The molecule has 10 heteroatoms. The number of likely N-dealkylation sites (N-methyl/N-ethyl adjacent to an activating group) is 1. The Kier molecular flexibility index (Phi) is 8.78. The molecule has 0 radical (unpaired) electrons. The molecular formula is C24H34FN5O3S. The quantitative estimate of drug-likeness (QED) is 0.318. The average molecular weight is 492 g/mol. The smallest absolute Gasteiger partial charge is 0.238 e. The predicted octanol–water partition coefficient (Wildman–Crippen LogP) is 2.47. The summed E-state index contributed by atoms with van der Waals surface area (Å²) in [6, 6.07) is 12.0. The topological polar surface area (TPSA) is 100 Å². The van der Waals surface area contributed by atoms with Crippen LogP contribution in [0.1, 0.15) is 24.5 Å². The number of hydrogen-bond acceptors (Lipinski definition) is 6. The van der Waals surface area contributed by atoms with Crippen LogP contribution in [0, 0.1) is 12.7 Å². The summed E-state index contributed by atoms with van der Waals surface area (Å²) in [5, 5.41) is 6.72. The van der Waals surface area contributed by atoms with Gasteiger partial charge >= 0.3 is 0 Å². The number of sulfonamides is 1. The average Bonchev–Trinajstić information content (AvgIpc) is 3.29. The fourth-order valence-electron chi connectivity index (χ4n) is 4.15. The van der Waals surface area contributed by atoms with Gasteiger partial charge in [0.25, 0.3) is 0 Å². The third-order valence-corrected chi connectivity index (χ3v) is 6.78. The second kappa shape index (κ2) is 11.4. The Hall–Kier alpha value is -2.37. The van der Waals surface area contributed by atoms with E-state index in [-0.39, 0.29) is 16.6 Å². The van der Waals surface area contributed by atoms with Crippen molar-refractivity contribution < 1.29 is 17.5 Å². The van der Waals surface area contributed by atoms with Gasteiger partial charge in [-0.2, -0.15) is 0 Å². The molecule has 34 heavy (non-hydrogen) atoms. The number of ether oxygens (including phenoxy) is 1. The summed E-state index contributed by atoms with van der Waals surface area (Å²) >= 11 is 0. The molecule has 0 saturated carbocycles. The number of aryl methyl sites for hydroxylation is 1. The molecule has 0 aliphatic carbocycles. The van der Waals surface area contributed by atoms with Crippen LogP contribution in [0.3, 0.4) is 0 Å². The molecule has 0 amide bonds. The van der Waals surface area contributed by atoms with E-state index < -0.39 is 15.8 Å². The monoisotopic (exact) mass is 491 g/mol. The van der Waals surface area contributed by atoms with Crippen molar-refractivity contribution in [2.75, 3.05) is 38.9 Å². The Bertz CT molecular complexity index is 1120. The summed E-state index contributed by atoms with van der Waals surface area (Å²) in [4.78, 5) is 6.93. The van der Waals surface area contributed by atoms with E-state index in [4.69, 9.17) is 14.9 Å². The number of amidine groups is 1. The zero-order valence-electron chi connectivity index (χ0n) is 20.2. The summed E-state index contributed by atoms with van der Waals surface area (Å²) in [6.07, 6.45) is 1.45. The molecule has 0 bridgehead atoms. The summed E-state index contributed by atoms with van der Waals surface area (Å²) in [5.41, 5.74) is 5.32. The van der Waals surface area contributed by atoms with E-state index in [1.54, 1.807) is 12.1 Å². The van der Waals surface area contributed by atoms with Gasteiger partial charge in [-0.15, -0.1) is 0 Å². The molecule has 3 rings (SSSR count).